The fourth-order valence-electron chi connectivity index (χ4n) is 3.10. The number of likely N-dealkylation sites (tertiary alicyclic amines) is 1. The smallest absolute Gasteiger partial charge is 0.255 e. The molecule has 1 aromatic rings. The molecule has 1 aliphatic heterocycles. The van der Waals surface area contributed by atoms with Gasteiger partial charge < -0.3 is 14.6 Å². The third-order valence-corrected chi connectivity index (χ3v) is 4.40. The van der Waals surface area contributed by atoms with E-state index in [1.807, 2.05) is 4.90 Å². The zero-order valence-electron chi connectivity index (χ0n) is 13.6. The van der Waals surface area contributed by atoms with Crippen LogP contribution < -0.4 is 5.32 Å². The summed E-state index contributed by atoms with van der Waals surface area (Å²) in [6, 6.07) is 1.62. The molecule has 0 bridgehead atoms. The molecule has 1 aromatic heterocycles. The van der Waals surface area contributed by atoms with Gasteiger partial charge in [0.25, 0.3) is 5.91 Å². The summed E-state index contributed by atoms with van der Waals surface area (Å²) in [4.78, 5) is 26.1. The fraction of sp³-hybridized carbons (Fsp3) is 0.647. The molecule has 0 aliphatic carbocycles. The SMILES string of the molecule is CCC[C@H]1CCCN(C(=O)CNC(=O)c2ccoc2C)CC1. The monoisotopic (exact) mass is 306 g/mol. The van der Waals surface area contributed by atoms with Gasteiger partial charge >= 0.3 is 0 Å². The highest BCUT2D eigenvalue weighted by Gasteiger charge is 2.21. The van der Waals surface area contributed by atoms with Crippen LogP contribution in [0.1, 0.15) is 55.1 Å². The molecule has 0 aromatic carbocycles. The standard InChI is InChI=1S/C17H26N2O3/c1-3-5-14-6-4-9-19(10-7-14)16(20)12-18-17(21)15-8-11-22-13(15)2/h8,11,14H,3-7,9-10,12H2,1-2H3,(H,18,21)/t14-/m0/s1. The van der Waals surface area contributed by atoms with Gasteiger partial charge in [-0.15, -0.1) is 0 Å². The van der Waals surface area contributed by atoms with Crippen molar-refractivity contribution in [1.82, 2.24) is 10.2 Å². The van der Waals surface area contributed by atoms with Gasteiger partial charge in [0.1, 0.15) is 5.76 Å². The van der Waals surface area contributed by atoms with Crippen molar-refractivity contribution >= 4 is 11.8 Å². The third-order valence-electron chi connectivity index (χ3n) is 4.40. The van der Waals surface area contributed by atoms with Gasteiger partial charge in [0, 0.05) is 13.1 Å². The van der Waals surface area contributed by atoms with Crippen molar-refractivity contribution in [2.24, 2.45) is 5.92 Å². The van der Waals surface area contributed by atoms with Crippen molar-refractivity contribution in [1.29, 1.82) is 0 Å². The lowest BCUT2D eigenvalue weighted by atomic mass is 9.96. The minimum Gasteiger partial charge on any atom is -0.469 e. The Kier molecular flexibility index (Phi) is 6.04. The molecule has 0 unspecified atom stereocenters. The van der Waals surface area contributed by atoms with Crippen LogP contribution in [0.25, 0.3) is 0 Å². The van der Waals surface area contributed by atoms with Crippen LogP contribution in [0.3, 0.4) is 0 Å². The van der Waals surface area contributed by atoms with Crippen molar-refractivity contribution < 1.29 is 14.0 Å². The van der Waals surface area contributed by atoms with Crippen LogP contribution in [0.15, 0.2) is 16.7 Å². The second kappa shape index (κ2) is 8.01. The van der Waals surface area contributed by atoms with Crippen LogP contribution in [0.2, 0.25) is 0 Å². The lowest BCUT2D eigenvalue weighted by Crippen LogP contribution is -2.40. The molecule has 122 valence electrons. The molecule has 1 fully saturated rings. The highest BCUT2D eigenvalue weighted by molar-refractivity contribution is 5.97. The number of rotatable bonds is 5. The van der Waals surface area contributed by atoms with E-state index in [0.29, 0.717) is 11.3 Å². The maximum atomic E-state index is 12.3. The first kappa shape index (κ1) is 16.6. The number of carbonyl (C=O) groups is 2. The molecule has 0 spiro atoms. The first-order valence-corrected chi connectivity index (χ1v) is 8.22. The predicted octanol–water partition coefficient (Wildman–Crippen LogP) is 2.75. The molecule has 5 heteroatoms. The summed E-state index contributed by atoms with van der Waals surface area (Å²) in [5, 5.41) is 2.69. The van der Waals surface area contributed by atoms with E-state index in [0.717, 1.165) is 31.8 Å². The molecular formula is C17H26N2O3. The normalized spacial score (nSPS) is 18.8. The number of amides is 2. The Morgan fingerprint density at radius 1 is 1.36 bits per heavy atom. The molecule has 2 rings (SSSR count). The molecule has 1 aliphatic rings. The first-order valence-electron chi connectivity index (χ1n) is 8.22. The van der Waals surface area contributed by atoms with E-state index in [1.54, 1.807) is 13.0 Å². The second-order valence-corrected chi connectivity index (χ2v) is 6.04. The summed E-state index contributed by atoms with van der Waals surface area (Å²) in [5.41, 5.74) is 0.492. The van der Waals surface area contributed by atoms with Crippen molar-refractivity contribution in [2.75, 3.05) is 19.6 Å². The van der Waals surface area contributed by atoms with Crippen LogP contribution in [0, 0.1) is 12.8 Å². The third kappa shape index (κ3) is 4.36. The van der Waals surface area contributed by atoms with E-state index in [-0.39, 0.29) is 18.4 Å². The summed E-state index contributed by atoms with van der Waals surface area (Å²) in [5.74, 6) is 1.07. The highest BCUT2D eigenvalue weighted by atomic mass is 16.3. The van der Waals surface area contributed by atoms with Crippen molar-refractivity contribution in [3.8, 4) is 0 Å². The molecule has 2 heterocycles. The molecule has 1 N–H and O–H groups in total. The Bertz CT molecular complexity index is 510. The largest absolute Gasteiger partial charge is 0.469 e. The number of furan rings is 1. The molecule has 0 radical (unpaired) electrons. The Morgan fingerprint density at radius 2 is 2.18 bits per heavy atom. The van der Waals surface area contributed by atoms with Gasteiger partial charge in [0.2, 0.25) is 5.91 Å². The zero-order chi connectivity index (χ0) is 15.9. The highest BCUT2D eigenvalue weighted by Crippen LogP contribution is 2.21. The average Bonchev–Trinajstić information content (AvgIpc) is 2.79. The maximum Gasteiger partial charge on any atom is 0.255 e. The van der Waals surface area contributed by atoms with Gasteiger partial charge in [-0.25, -0.2) is 0 Å². The van der Waals surface area contributed by atoms with Crippen LogP contribution in [-0.4, -0.2) is 36.3 Å². The van der Waals surface area contributed by atoms with Gasteiger partial charge in [-0.2, -0.15) is 0 Å². The minimum atomic E-state index is -0.252. The first-order chi connectivity index (χ1) is 10.6. The van der Waals surface area contributed by atoms with Gasteiger partial charge in [0.15, 0.2) is 0 Å². The van der Waals surface area contributed by atoms with Gasteiger partial charge in [0.05, 0.1) is 18.4 Å². The molecule has 2 amide bonds. The zero-order valence-corrected chi connectivity index (χ0v) is 13.6. The number of nitrogens with zero attached hydrogens (tertiary/aromatic N) is 1. The number of hydrogen-bond donors (Lipinski definition) is 1. The lowest BCUT2D eigenvalue weighted by Gasteiger charge is -2.20. The second-order valence-electron chi connectivity index (χ2n) is 6.04. The summed E-state index contributed by atoms with van der Waals surface area (Å²) in [6.45, 7) is 5.62. The molecule has 22 heavy (non-hydrogen) atoms. The number of nitrogens with one attached hydrogen (secondary N) is 1. The van der Waals surface area contributed by atoms with E-state index in [4.69, 9.17) is 4.42 Å². The Hall–Kier alpha value is -1.78. The van der Waals surface area contributed by atoms with Gasteiger partial charge in [-0.05, 0) is 38.2 Å². The Morgan fingerprint density at radius 3 is 2.86 bits per heavy atom. The Labute approximate surface area is 132 Å². The predicted molar refractivity (Wildman–Crippen MR) is 84.6 cm³/mol. The topological polar surface area (TPSA) is 62.6 Å². The maximum absolute atomic E-state index is 12.3. The van der Waals surface area contributed by atoms with Gasteiger partial charge in [-0.3, -0.25) is 9.59 Å². The molecule has 1 saturated heterocycles. The van der Waals surface area contributed by atoms with E-state index < -0.39 is 0 Å². The number of aryl methyl sites for hydroxylation is 1. The van der Waals surface area contributed by atoms with Crippen molar-refractivity contribution in [2.45, 2.75) is 46.0 Å². The van der Waals surface area contributed by atoms with Crippen LogP contribution in [0.4, 0.5) is 0 Å². The quantitative estimate of drug-likeness (QED) is 0.910. The van der Waals surface area contributed by atoms with E-state index in [1.165, 1.54) is 25.5 Å². The van der Waals surface area contributed by atoms with E-state index in [9.17, 15) is 9.59 Å². The molecule has 0 saturated carbocycles. The fourth-order valence-corrected chi connectivity index (χ4v) is 3.10. The summed E-state index contributed by atoms with van der Waals surface area (Å²) in [7, 11) is 0. The average molecular weight is 306 g/mol. The molecule has 1 atom stereocenters. The van der Waals surface area contributed by atoms with E-state index in [2.05, 4.69) is 12.2 Å². The summed E-state index contributed by atoms with van der Waals surface area (Å²) in [6.07, 6.45) is 7.28. The minimum absolute atomic E-state index is 0.00615. The number of hydrogen-bond acceptors (Lipinski definition) is 3. The van der Waals surface area contributed by atoms with E-state index >= 15 is 0 Å². The summed E-state index contributed by atoms with van der Waals surface area (Å²) < 4.78 is 5.10. The lowest BCUT2D eigenvalue weighted by molar-refractivity contribution is -0.130. The van der Waals surface area contributed by atoms with Crippen LogP contribution in [-0.2, 0) is 4.79 Å². The van der Waals surface area contributed by atoms with Gasteiger partial charge in [-0.1, -0.05) is 19.8 Å². The summed E-state index contributed by atoms with van der Waals surface area (Å²) >= 11 is 0. The van der Waals surface area contributed by atoms with Crippen molar-refractivity contribution in [3.05, 3.63) is 23.7 Å². The van der Waals surface area contributed by atoms with Crippen molar-refractivity contribution in [3.63, 3.8) is 0 Å². The Balaban J connectivity index is 1.80. The van der Waals surface area contributed by atoms with Crippen LogP contribution >= 0.6 is 0 Å². The molecular weight excluding hydrogens is 280 g/mol. The molecule has 5 nitrogen and oxygen atoms in total. The van der Waals surface area contributed by atoms with Crippen LogP contribution in [0.5, 0.6) is 0 Å². The number of carbonyl (C=O) groups excluding carboxylic acids is 2.